The fraction of sp³-hybridized carbons (Fsp3) is 0.800. The van der Waals surface area contributed by atoms with Gasteiger partial charge in [-0.3, -0.25) is 0 Å². The first-order valence-corrected chi connectivity index (χ1v) is 5.09. The summed E-state index contributed by atoms with van der Waals surface area (Å²) < 4.78 is 4.86. The lowest BCUT2D eigenvalue weighted by Gasteiger charge is -2.22. The van der Waals surface area contributed by atoms with Crippen molar-refractivity contribution in [2.75, 3.05) is 11.9 Å². The van der Waals surface area contributed by atoms with E-state index < -0.39 is 6.10 Å². The first kappa shape index (κ1) is 12.0. The number of anilines is 1. The lowest BCUT2D eigenvalue weighted by molar-refractivity contribution is 0.131. The maximum Gasteiger partial charge on any atom is 0.321 e. The van der Waals surface area contributed by atoms with Crippen LogP contribution in [0.4, 0.5) is 6.01 Å². The third-order valence-electron chi connectivity index (χ3n) is 1.86. The van der Waals surface area contributed by atoms with E-state index in [1.165, 1.54) is 0 Å². The van der Waals surface area contributed by atoms with Crippen LogP contribution < -0.4 is 5.32 Å². The summed E-state index contributed by atoms with van der Waals surface area (Å²) in [5.41, 5.74) is 0.117. The van der Waals surface area contributed by atoms with Crippen molar-refractivity contribution in [1.29, 1.82) is 0 Å². The van der Waals surface area contributed by atoms with Gasteiger partial charge in [0.2, 0.25) is 0 Å². The molecule has 1 aromatic heterocycles. The van der Waals surface area contributed by atoms with Gasteiger partial charge in [-0.1, -0.05) is 25.9 Å². The third kappa shape index (κ3) is 4.78. The van der Waals surface area contributed by atoms with Gasteiger partial charge in [-0.2, -0.15) is 4.98 Å². The molecule has 0 aliphatic rings. The highest BCUT2D eigenvalue weighted by Crippen LogP contribution is 2.20. The minimum absolute atomic E-state index is 0.117. The summed E-state index contributed by atoms with van der Waals surface area (Å²) in [6, 6.07) is 0.362. The second-order valence-electron chi connectivity index (χ2n) is 4.95. The second-order valence-corrected chi connectivity index (χ2v) is 4.95. The highest BCUT2D eigenvalue weighted by molar-refractivity contribution is 5.17. The molecule has 86 valence electrons. The summed E-state index contributed by atoms with van der Waals surface area (Å²) >= 11 is 0. The largest absolute Gasteiger partial charge is 0.391 e. The molecule has 1 unspecified atom stereocenters. The molecule has 0 aromatic carbocycles. The Morgan fingerprint density at radius 2 is 2.13 bits per heavy atom. The van der Waals surface area contributed by atoms with Crippen LogP contribution in [0.1, 0.15) is 33.0 Å². The minimum atomic E-state index is -0.405. The lowest BCUT2D eigenvalue weighted by atomic mass is 9.89. The van der Waals surface area contributed by atoms with Crippen LogP contribution in [0, 0.1) is 12.3 Å². The standard InChI is InChI=1S/C10H19N3O2/c1-7-12-9(15-13-7)11-6-8(14)5-10(2,3)4/h8,14H,5-6H2,1-4H3,(H,11,12,13). The van der Waals surface area contributed by atoms with Crippen molar-refractivity contribution >= 4 is 6.01 Å². The summed E-state index contributed by atoms with van der Waals surface area (Å²) in [4.78, 5) is 3.98. The SMILES string of the molecule is Cc1noc(NCC(O)CC(C)(C)C)n1. The molecule has 5 nitrogen and oxygen atoms in total. The molecular weight excluding hydrogens is 194 g/mol. The molecule has 0 amide bonds. The molecule has 0 saturated carbocycles. The smallest absolute Gasteiger partial charge is 0.321 e. The van der Waals surface area contributed by atoms with Crippen molar-refractivity contribution in [2.24, 2.45) is 5.41 Å². The Labute approximate surface area is 89.9 Å². The second kappa shape index (κ2) is 4.61. The molecule has 0 bridgehead atoms. The number of nitrogens with zero attached hydrogens (tertiary/aromatic N) is 2. The normalized spacial score (nSPS) is 13.9. The van der Waals surface area contributed by atoms with Gasteiger partial charge in [0.1, 0.15) is 0 Å². The Bertz CT molecular complexity index is 304. The molecule has 0 aliphatic heterocycles. The monoisotopic (exact) mass is 213 g/mol. The summed E-state index contributed by atoms with van der Waals surface area (Å²) in [5, 5.41) is 16.2. The molecule has 1 atom stereocenters. The minimum Gasteiger partial charge on any atom is -0.391 e. The lowest BCUT2D eigenvalue weighted by Crippen LogP contribution is -2.25. The number of aliphatic hydroxyl groups excluding tert-OH is 1. The average molecular weight is 213 g/mol. The number of hydrogen-bond acceptors (Lipinski definition) is 5. The molecule has 0 saturated heterocycles. The number of aryl methyl sites for hydroxylation is 1. The Balaban J connectivity index is 2.31. The van der Waals surface area contributed by atoms with Crippen LogP contribution in [-0.4, -0.2) is 27.9 Å². The van der Waals surface area contributed by atoms with Crippen molar-refractivity contribution in [1.82, 2.24) is 10.1 Å². The number of rotatable bonds is 4. The molecule has 1 aromatic rings. The maximum atomic E-state index is 9.70. The molecule has 1 rings (SSSR count). The number of nitrogens with one attached hydrogen (secondary N) is 1. The van der Waals surface area contributed by atoms with E-state index in [2.05, 4.69) is 36.2 Å². The van der Waals surface area contributed by atoms with Crippen LogP contribution in [0.15, 0.2) is 4.52 Å². The van der Waals surface area contributed by atoms with Gasteiger partial charge in [-0.15, -0.1) is 0 Å². The third-order valence-corrected chi connectivity index (χ3v) is 1.86. The van der Waals surface area contributed by atoms with Gasteiger partial charge in [0.05, 0.1) is 6.10 Å². The first-order chi connectivity index (χ1) is 6.87. The van der Waals surface area contributed by atoms with E-state index >= 15 is 0 Å². The molecule has 0 fully saturated rings. The topological polar surface area (TPSA) is 71.2 Å². The van der Waals surface area contributed by atoms with Crippen molar-refractivity contribution in [2.45, 2.75) is 40.2 Å². The summed E-state index contributed by atoms with van der Waals surface area (Å²) in [6.45, 7) is 8.45. The highest BCUT2D eigenvalue weighted by atomic mass is 16.5. The van der Waals surface area contributed by atoms with Crippen LogP contribution in [0.25, 0.3) is 0 Å². The number of hydrogen-bond donors (Lipinski definition) is 2. The molecule has 0 aliphatic carbocycles. The molecule has 15 heavy (non-hydrogen) atoms. The van der Waals surface area contributed by atoms with Gasteiger partial charge in [0.15, 0.2) is 5.82 Å². The van der Waals surface area contributed by atoms with Crippen LogP contribution in [0.2, 0.25) is 0 Å². The molecule has 0 spiro atoms. The van der Waals surface area contributed by atoms with E-state index in [1.54, 1.807) is 6.92 Å². The Morgan fingerprint density at radius 3 is 2.60 bits per heavy atom. The van der Waals surface area contributed by atoms with E-state index in [0.717, 1.165) is 6.42 Å². The van der Waals surface area contributed by atoms with Crippen molar-refractivity contribution < 1.29 is 9.63 Å². The molecule has 0 radical (unpaired) electrons. The van der Waals surface area contributed by atoms with Gasteiger partial charge in [-0.25, -0.2) is 0 Å². The zero-order chi connectivity index (χ0) is 11.5. The first-order valence-electron chi connectivity index (χ1n) is 5.09. The Hall–Kier alpha value is -1.10. The van der Waals surface area contributed by atoms with Crippen LogP contribution >= 0.6 is 0 Å². The Morgan fingerprint density at radius 1 is 1.47 bits per heavy atom. The van der Waals surface area contributed by atoms with Gasteiger partial charge >= 0.3 is 6.01 Å². The van der Waals surface area contributed by atoms with E-state index in [4.69, 9.17) is 4.52 Å². The van der Waals surface area contributed by atoms with Crippen molar-refractivity contribution in [3.8, 4) is 0 Å². The summed E-state index contributed by atoms with van der Waals surface area (Å²) in [6.07, 6.45) is 0.324. The summed E-state index contributed by atoms with van der Waals surface area (Å²) in [5.74, 6) is 0.586. The number of aromatic nitrogens is 2. The van der Waals surface area contributed by atoms with Gasteiger partial charge in [0.25, 0.3) is 0 Å². The predicted molar refractivity (Wildman–Crippen MR) is 57.6 cm³/mol. The maximum absolute atomic E-state index is 9.70. The molecular formula is C10H19N3O2. The average Bonchev–Trinajstić information content (AvgIpc) is 2.45. The molecule has 2 N–H and O–H groups in total. The zero-order valence-corrected chi connectivity index (χ0v) is 9.74. The molecule has 5 heteroatoms. The Kier molecular flexibility index (Phi) is 3.68. The quantitative estimate of drug-likeness (QED) is 0.794. The van der Waals surface area contributed by atoms with Crippen LogP contribution in [0.3, 0.4) is 0 Å². The zero-order valence-electron chi connectivity index (χ0n) is 9.74. The summed E-state index contributed by atoms with van der Waals surface area (Å²) in [7, 11) is 0. The highest BCUT2D eigenvalue weighted by Gasteiger charge is 2.16. The van der Waals surface area contributed by atoms with Crippen LogP contribution in [-0.2, 0) is 0 Å². The van der Waals surface area contributed by atoms with E-state index in [1.807, 2.05) is 0 Å². The fourth-order valence-electron chi connectivity index (χ4n) is 1.35. The van der Waals surface area contributed by atoms with E-state index in [-0.39, 0.29) is 5.41 Å². The van der Waals surface area contributed by atoms with Gasteiger partial charge in [0, 0.05) is 6.54 Å². The van der Waals surface area contributed by atoms with E-state index in [9.17, 15) is 5.11 Å². The van der Waals surface area contributed by atoms with Crippen molar-refractivity contribution in [3.05, 3.63) is 5.82 Å². The fourth-order valence-corrected chi connectivity index (χ4v) is 1.35. The van der Waals surface area contributed by atoms with Crippen LogP contribution in [0.5, 0.6) is 0 Å². The van der Waals surface area contributed by atoms with Crippen molar-refractivity contribution in [3.63, 3.8) is 0 Å². The number of aliphatic hydroxyl groups is 1. The predicted octanol–water partition coefficient (Wildman–Crippen LogP) is 1.59. The van der Waals surface area contributed by atoms with Gasteiger partial charge < -0.3 is 14.9 Å². The van der Waals surface area contributed by atoms with Gasteiger partial charge in [-0.05, 0) is 18.8 Å². The van der Waals surface area contributed by atoms with E-state index in [0.29, 0.717) is 18.4 Å². The molecule has 1 heterocycles.